The summed E-state index contributed by atoms with van der Waals surface area (Å²) in [6.07, 6.45) is 4.90. The van der Waals surface area contributed by atoms with Crippen molar-refractivity contribution < 1.29 is 4.79 Å². The third-order valence-corrected chi connectivity index (χ3v) is 2.74. The van der Waals surface area contributed by atoms with E-state index in [1.165, 1.54) is 11.3 Å². The minimum atomic E-state index is -0.219. The van der Waals surface area contributed by atoms with Gasteiger partial charge >= 0.3 is 0 Å². The highest BCUT2D eigenvalue weighted by Gasteiger charge is 2.11. The number of nitrogens with zero attached hydrogens (tertiary/aromatic N) is 3. The van der Waals surface area contributed by atoms with Crippen molar-refractivity contribution in [1.29, 1.82) is 0 Å². The van der Waals surface area contributed by atoms with E-state index < -0.39 is 0 Å². The number of aromatic nitrogens is 3. The van der Waals surface area contributed by atoms with Crippen LogP contribution in [0.15, 0.2) is 36.5 Å². The normalized spacial score (nSPS) is 9.88. The average molecular weight is 246 g/mol. The lowest BCUT2D eigenvalue weighted by Gasteiger charge is -1.97. The fourth-order valence-electron chi connectivity index (χ4n) is 1.15. The molecule has 6 heteroatoms. The summed E-state index contributed by atoms with van der Waals surface area (Å²) >= 11 is 1.34. The number of carbonyl (C=O) groups excluding carboxylic acids is 1. The van der Waals surface area contributed by atoms with Gasteiger partial charge < -0.3 is 5.32 Å². The van der Waals surface area contributed by atoms with Crippen LogP contribution < -0.4 is 5.32 Å². The van der Waals surface area contributed by atoms with Gasteiger partial charge in [-0.05, 0) is 6.07 Å². The monoisotopic (exact) mass is 246 g/mol. The highest BCUT2D eigenvalue weighted by Crippen LogP contribution is 2.19. The molecule has 0 aliphatic carbocycles. The van der Waals surface area contributed by atoms with Crippen LogP contribution in [-0.2, 0) is 0 Å². The summed E-state index contributed by atoms with van der Waals surface area (Å²) < 4.78 is 0. The molecule has 0 aliphatic rings. The maximum absolute atomic E-state index is 11.6. The Labute approximate surface area is 102 Å². The number of amides is 1. The molecule has 2 aromatic heterocycles. The van der Waals surface area contributed by atoms with Gasteiger partial charge in [-0.25, -0.2) is 15.0 Å². The third kappa shape index (κ3) is 2.73. The second kappa shape index (κ2) is 5.31. The first-order valence-corrected chi connectivity index (χ1v) is 5.81. The smallest absolute Gasteiger partial charge is 0.271 e. The minimum Gasteiger partial charge on any atom is -0.347 e. The summed E-state index contributed by atoms with van der Waals surface area (Å²) in [5, 5.41) is 4.98. The highest BCUT2D eigenvalue weighted by molar-refractivity contribution is 7.13. The molecule has 0 radical (unpaired) electrons. The molecule has 0 saturated heterocycles. The van der Waals surface area contributed by atoms with Gasteiger partial charge in [0.15, 0.2) is 10.8 Å². The van der Waals surface area contributed by atoms with E-state index in [1.807, 2.05) is 0 Å². The molecule has 0 fully saturated rings. The zero-order valence-corrected chi connectivity index (χ0v) is 9.78. The second-order valence-corrected chi connectivity index (χ2v) is 3.97. The van der Waals surface area contributed by atoms with Crippen molar-refractivity contribution in [3.63, 3.8) is 0 Å². The highest BCUT2D eigenvalue weighted by atomic mass is 32.1. The Balaban J connectivity index is 2.16. The summed E-state index contributed by atoms with van der Waals surface area (Å²) in [7, 11) is 0. The predicted molar refractivity (Wildman–Crippen MR) is 65.7 cm³/mol. The number of carbonyl (C=O) groups is 1. The van der Waals surface area contributed by atoms with Crippen molar-refractivity contribution in [2.24, 2.45) is 0 Å². The van der Waals surface area contributed by atoms with E-state index in [4.69, 9.17) is 0 Å². The van der Waals surface area contributed by atoms with Crippen molar-refractivity contribution in [1.82, 2.24) is 20.3 Å². The number of rotatable bonds is 4. The Hall–Kier alpha value is -2.08. The first kappa shape index (κ1) is 11.4. The van der Waals surface area contributed by atoms with Crippen LogP contribution in [0.2, 0.25) is 0 Å². The lowest BCUT2D eigenvalue weighted by atomic mass is 10.4. The molecule has 1 N–H and O–H groups in total. The number of hydrogen-bond donors (Lipinski definition) is 1. The van der Waals surface area contributed by atoms with Crippen LogP contribution in [0.1, 0.15) is 10.5 Å². The summed E-state index contributed by atoms with van der Waals surface area (Å²) in [6, 6.07) is 1.73. The topological polar surface area (TPSA) is 67.8 Å². The first-order valence-electron chi connectivity index (χ1n) is 4.93. The van der Waals surface area contributed by atoms with Gasteiger partial charge in [0.1, 0.15) is 5.69 Å². The maximum atomic E-state index is 11.6. The molecule has 2 aromatic rings. The summed E-state index contributed by atoms with van der Waals surface area (Å²) in [6.45, 7) is 3.95. The number of hydrogen-bond acceptors (Lipinski definition) is 5. The van der Waals surface area contributed by atoms with Crippen molar-refractivity contribution in [3.05, 3.63) is 42.2 Å². The van der Waals surface area contributed by atoms with E-state index in [9.17, 15) is 4.79 Å². The molecule has 1 amide bonds. The van der Waals surface area contributed by atoms with E-state index in [2.05, 4.69) is 26.8 Å². The fourth-order valence-corrected chi connectivity index (χ4v) is 1.89. The number of nitrogens with one attached hydrogen (secondary N) is 1. The predicted octanol–water partition coefficient (Wildman–Crippen LogP) is 1.52. The molecule has 86 valence electrons. The van der Waals surface area contributed by atoms with Crippen LogP contribution in [0.3, 0.4) is 0 Å². The van der Waals surface area contributed by atoms with Crippen molar-refractivity contribution in [2.75, 3.05) is 6.54 Å². The van der Waals surface area contributed by atoms with Crippen LogP contribution in [0.5, 0.6) is 0 Å². The van der Waals surface area contributed by atoms with Crippen LogP contribution >= 0.6 is 11.3 Å². The minimum absolute atomic E-state index is 0.219. The third-order valence-electron chi connectivity index (χ3n) is 1.90. The van der Waals surface area contributed by atoms with Crippen LogP contribution in [0.4, 0.5) is 0 Å². The van der Waals surface area contributed by atoms with Gasteiger partial charge in [-0.2, -0.15) is 0 Å². The fraction of sp³-hybridized carbons (Fsp3) is 0.0909. The average Bonchev–Trinajstić information content (AvgIpc) is 2.86. The van der Waals surface area contributed by atoms with Gasteiger partial charge in [-0.1, -0.05) is 6.08 Å². The Morgan fingerprint density at radius 1 is 1.47 bits per heavy atom. The van der Waals surface area contributed by atoms with Crippen molar-refractivity contribution in [3.8, 4) is 10.8 Å². The maximum Gasteiger partial charge on any atom is 0.271 e. The van der Waals surface area contributed by atoms with E-state index in [1.54, 1.807) is 29.9 Å². The van der Waals surface area contributed by atoms with Gasteiger partial charge in [0.05, 0.1) is 0 Å². The van der Waals surface area contributed by atoms with E-state index in [0.717, 1.165) is 0 Å². The van der Waals surface area contributed by atoms with Gasteiger partial charge in [-0.3, -0.25) is 4.79 Å². The van der Waals surface area contributed by atoms with Gasteiger partial charge in [0.2, 0.25) is 0 Å². The van der Waals surface area contributed by atoms with Gasteiger partial charge in [0.25, 0.3) is 5.91 Å². The van der Waals surface area contributed by atoms with Gasteiger partial charge in [-0.15, -0.1) is 17.9 Å². The molecule has 17 heavy (non-hydrogen) atoms. The summed E-state index contributed by atoms with van der Waals surface area (Å²) in [5.74, 6) is 0.309. The molecule has 2 heterocycles. The molecule has 0 saturated carbocycles. The molecule has 2 rings (SSSR count). The largest absolute Gasteiger partial charge is 0.347 e. The van der Waals surface area contributed by atoms with Crippen LogP contribution in [0, 0.1) is 0 Å². The Morgan fingerprint density at radius 3 is 2.94 bits per heavy atom. The molecular formula is C11H10N4OS. The van der Waals surface area contributed by atoms with E-state index in [0.29, 0.717) is 23.1 Å². The lowest BCUT2D eigenvalue weighted by molar-refractivity contribution is 0.0954. The Morgan fingerprint density at radius 2 is 2.24 bits per heavy atom. The molecule has 0 unspecified atom stereocenters. The molecule has 0 spiro atoms. The molecule has 5 nitrogen and oxygen atoms in total. The van der Waals surface area contributed by atoms with E-state index in [-0.39, 0.29) is 5.91 Å². The first-order chi connectivity index (χ1) is 8.31. The van der Waals surface area contributed by atoms with Crippen molar-refractivity contribution in [2.45, 2.75) is 0 Å². The van der Waals surface area contributed by atoms with Crippen molar-refractivity contribution >= 4 is 17.2 Å². The molecule has 0 atom stereocenters. The van der Waals surface area contributed by atoms with Gasteiger partial charge in [0, 0.05) is 24.3 Å². The zero-order chi connectivity index (χ0) is 12.1. The standard InChI is InChI=1S/C11H10N4OS/c1-2-4-14-10(16)8-7-17-11(15-8)9-12-5-3-6-13-9/h2-3,5-7H,1,4H2,(H,14,16). The SMILES string of the molecule is C=CCNC(=O)c1csc(-c2ncccn2)n1. The molecular weight excluding hydrogens is 236 g/mol. The Kier molecular flexibility index (Phi) is 3.56. The Bertz CT molecular complexity index is 523. The molecule has 0 aliphatic heterocycles. The zero-order valence-electron chi connectivity index (χ0n) is 8.96. The lowest BCUT2D eigenvalue weighted by Crippen LogP contribution is -2.23. The summed E-state index contributed by atoms with van der Waals surface area (Å²) in [4.78, 5) is 23.9. The van der Waals surface area contributed by atoms with Crippen LogP contribution in [0.25, 0.3) is 10.8 Å². The van der Waals surface area contributed by atoms with E-state index >= 15 is 0 Å². The van der Waals surface area contributed by atoms with Crippen LogP contribution in [-0.4, -0.2) is 27.4 Å². The second-order valence-electron chi connectivity index (χ2n) is 3.11. The molecule has 0 bridgehead atoms. The quantitative estimate of drug-likeness (QED) is 0.830. The summed E-state index contributed by atoms with van der Waals surface area (Å²) in [5.41, 5.74) is 0.374. The number of thiazole rings is 1. The molecule has 0 aromatic carbocycles.